The predicted octanol–water partition coefficient (Wildman–Crippen LogP) is 2.16. The van der Waals surface area contributed by atoms with Crippen molar-refractivity contribution < 1.29 is 23.1 Å². The number of halogens is 2. The Hall–Kier alpha value is -2.02. The van der Waals surface area contributed by atoms with Crippen LogP contribution in [-0.4, -0.2) is 35.6 Å². The zero-order valence-corrected chi connectivity index (χ0v) is 14.2. The molecule has 2 rings (SSSR count). The van der Waals surface area contributed by atoms with Gasteiger partial charge in [0.1, 0.15) is 0 Å². The highest BCUT2D eigenvalue weighted by Crippen LogP contribution is 2.37. The summed E-state index contributed by atoms with van der Waals surface area (Å²) < 4.78 is 31.9. The third-order valence-electron chi connectivity index (χ3n) is 4.00. The molecule has 7 heteroatoms. The Bertz CT molecular complexity index is 659. The molecule has 1 heterocycles. The van der Waals surface area contributed by atoms with E-state index in [4.69, 9.17) is 4.74 Å². The van der Waals surface area contributed by atoms with E-state index in [9.17, 15) is 18.4 Å². The number of benzene rings is 1. The highest BCUT2D eigenvalue weighted by molar-refractivity contribution is 5.96. The van der Waals surface area contributed by atoms with Gasteiger partial charge in [0, 0.05) is 5.56 Å². The summed E-state index contributed by atoms with van der Waals surface area (Å²) in [4.78, 5) is 23.9. The van der Waals surface area contributed by atoms with E-state index in [-0.39, 0.29) is 29.7 Å². The molecule has 0 aromatic heterocycles. The normalized spacial score (nSPS) is 21.3. The van der Waals surface area contributed by atoms with Crippen molar-refractivity contribution in [3.63, 3.8) is 0 Å². The van der Waals surface area contributed by atoms with E-state index in [0.29, 0.717) is 6.42 Å². The minimum Gasteiger partial charge on any atom is -0.367 e. The van der Waals surface area contributed by atoms with Crippen molar-refractivity contribution in [3.05, 3.63) is 35.4 Å². The average Bonchev–Trinajstić information content (AvgIpc) is 2.66. The molecule has 2 amide bonds. The zero-order valence-electron chi connectivity index (χ0n) is 14.2. The van der Waals surface area contributed by atoms with Gasteiger partial charge in [-0.15, -0.1) is 0 Å². The quantitative estimate of drug-likeness (QED) is 0.883. The van der Waals surface area contributed by atoms with Crippen LogP contribution in [0.15, 0.2) is 18.2 Å². The predicted molar refractivity (Wildman–Crippen MR) is 84.5 cm³/mol. The van der Waals surface area contributed by atoms with Crippen LogP contribution in [0.5, 0.6) is 0 Å². The summed E-state index contributed by atoms with van der Waals surface area (Å²) in [5.74, 6) is -3.16. The SMILES string of the molecule is CC1(C)C[C@H](NC(=O)CNC(=O)c2ccc(F)c(F)c2)C(C)(C)O1. The first-order chi connectivity index (χ1) is 11.0. The molecule has 1 atom stereocenters. The summed E-state index contributed by atoms with van der Waals surface area (Å²) >= 11 is 0. The van der Waals surface area contributed by atoms with Gasteiger partial charge in [0.15, 0.2) is 11.6 Å². The molecule has 1 fully saturated rings. The van der Waals surface area contributed by atoms with Gasteiger partial charge < -0.3 is 15.4 Å². The maximum absolute atomic E-state index is 13.1. The lowest BCUT2D eigenvalue weighted by molar-refractivity contribution is -0.122. The topological polar surface area (TPSA) is 67.4 Å². The van der Waals surface area contributed by atoms with Crippen LogP contribution in [0.1, 0.15) is 44.5 Å². The first-order valence-electron chi connectivity index (χ1n) is 7.73. The van der Waals surface area contributed by atoms with Crippen LogP contribution in [0.2, 0.25) is 0 Å². The number of carbonyl (C=O) groups is 2. The number of hydrogen-bond donors (Lipinski definition) is 2. The highest BCUT2D eigenvalue weighted by atomic mass is 19.2. The van der Waals surface area contributed by atoms with Crippen molar-refractivity contribution >= 4 is 11.8 Å². The lowest BCUT2D eigenvalue weighted by Gasteiger charge is -2.27. The molecule has 0 aliphatic carbocycles. The van der Waals surface area contributed by atoms with Crippen molar-refractivity contribution in [1.82, 2.24) is 10.6 Å². The molecule has 5 nitrogen and oxygen atoms in total. The smallest absolute Gasteiger partial charge is 0.251 e. The number of ether oxygens (including phenoxy) is 1. The lowest BCUT2D eigenvalue weighted by Crippen LogP contribution is -2.49. The van der Waals surface area contributed by atoms with Gasteiger partial charge in [0.25, 0.3) is 5.91 Å². The Labute approximate surface area is 139 Å². The summed E-state index contributed by atoms with van der Waals surface area (Å²) in [6.07, 6.45) is 0.656. The van der Waals surface area contributed by atoms with Gasteiger partial charge in [0.05, 0.1) is 23.8 Å². The van der Waals surface area contributed by atoms with Gasteiger partial charge in [-0.05, 0) is 52.3 Å². The Kier molecular flexibility index (Phi) is 4.94. The van der Waals surface area contributed by atoms with Crippen molar-refractivity contribution in [3.8, 4) is 0 Å². The van der Waals surface area contributed by atoms with Crippen LogP contribution in [0.3, 0.4) is 0 Å². The molecule has 0 radical (unpaired) electrons. The standard InChI is InChI=1S/C17H22F2N2O3/c1-16(2)8-13(17(3,4)24-16)21-14(22)9-20-15(23)10-5-6-11(18)12(19)7-10/h5-7,13H,8-9H2,1-4H3,(H,20,23)(H,21,22)/t13-/m0/s1. The van der Waals surface area contributed by atoms with Gasteiger partial charge >= 0.3 is 0 Å². The summed E-state index contributed by atoms with van der Waals surface area (Å²) in [5.41, 5.74) is -0.896. The Morgan fingerprint density at radius 2 is 1.88 bits per heavy atom. The molecule has 1 saturated heterocycles. The maximum atomic E-state index is 13.1. The third kappa shape index (κ3) is 4.29. The van der Waals surface area contributed by atoms with E-state index in [2.05, 4.69) is 10.6 Å². The second kappa shape index (κ2) is 6.47. The van der Waals surface area contributed by atoms with Crippen LogP contribution in [0, 0.1) is 11.6 Å². The Balaban J connectivity index is 1.89. The largest absolute Gasteiger partial charge is 0.367 e. The number of rotatable bonds is 4. The van der Waals surface area contributed by atoms with Gasteiger partial charge in [-0.1, -0.05) is 0 Å². The fraction of sp³-hybridized carbons (Fsp3) is 0.529. The first kappa shape index (κ1) is 18.3. The highest BCUT2D eigenvalue weighted by Gasteiger charge is 2.46. The molecule has 0 spiro atoms. The second-order valence-electron chi connectivity index (χ2n) is 7.10. The number of carbonyl (C=O) groups excluding carboxylic acids is 2. The van der Waals surface area contributed by atoms with Crippen molar-refractivity contribution in [2.45, 2.75) is 51.4 Å². The summed E-state index contributed by atoms with van der Waals surface area (Å²) in [7, 11) is 0. The maximum Gasteiger partial charge on any atom is 0.251 e. The van der Waals surface area contributed by atoms with Gasteiger partial charge in [-0.25, -0.2) is 8.78 Å². The first-order valence-corrected chi connectivity index (χ1v) is 7.73. The van der Waals surface area contributed by atoms with E-state index in [1.807, 2.05) is 27.7 Å². The number of nitrogens with one attached hydrogen (secondary N) is 2. The van der Waals surface area contributed by atoms with Crippen LogP contribution < -0.4 is 10.6 Å². The average molecular weight is 340 g/mol. The molecule has 0 unspecified atom stereocenters. The number of hydrogen-bond acceptors (Lipinski definition) is 3. The van der Waals surface area contributed by atoms with Crippen LogP contribution in [0.4, 0.5) is 8.78 Å². The Morgan fingerprint density at radius 1 is 1.21 bits per heavy atom. The van der Waals surface area contributed by atoms with E-state index >= 15 is 0 Å². The lowest BCUT2D eigenvalue weighted by atomic mass is 9.94. The monoisotopic (exact) mass is 340 g/mol. The molecular formula is C17H22F2N2O3. The fourth-order valence-electron chi connectivity index (χ4n) is 2.93. The van der Waals surface area contributed by atoms with Gasteiger partial charge in [-0.2, -0.15) is 0 Å². The molecule has 24 heavy (non-hydrogen) atoms. The van der Waals surface area contributed by atoms with Crippen LogP contribution in [0.25, 0.3) is 0 Å². The molecule has 0 bridgehead atoms. The van der Waals surface area contributed by atoms with Crippen molar-refractivity contribution in [1.29, 1.82) is 0 Å². The van der Waals surface area contributed by atoms with E-state index in [0.717, 1.165) is 18.2 Å². The minimum absolute atomic E-state index is 0.0487. The Morgan fingerprint density at radius 3 is 2.42 bits per heavy atom. The van der Waals surface area contributed by atoms with E-state index in [1.54, 1.807) is 0 Å². The third-order valence-corrected chi connectivity index (χ3v) is 4.00. The van der Waals surface area contributed by atoms with Crippen molar-refractivity contribution in [2.75, 3.05) is 6.54 Å². The molecule has 1 aliphatic rings. The fourth-order valence-corrected chi connectivity index (χ4v) is 2.93. The van der Waals surface area contributed by atoms with E-state index < -0.39 is 23.1 Å². The van der Waals surface area contributed by atoms with Crippen molar-refractivity contribution in [2.24, 2.45) is 0 Å². The zero-order chi connectivity index (χ0) is 18.1. The minimum atomic E-state index is -1.11. The molecule has 132 valence electrons. The van der Waals surface area contributed by atoms with Crippen LogP contribution >= 0.6 is 0 Å². The molecular weight excluding hydrogens is 318 g/mol. The number of amides is 2. The molecule has 1 aliphatic heterocycles. The summed E-state index contributed by atoms with van der Waals surface area (Å²) in [6, 6.07) is 2.63. The van der Waals surface area contributed by atoms with Crippen LogP contribution in [-0.2, 0) is 9.53 Å². The molecule has 0 saturated carbocycles. The molecule has 1 aromatic carbocycles. The summed E-state index contributed by atoms with van der Waals surface area (Å²) in [5, 5.41) is 5.23. The molecule has 1 aromatic rings. The van der Waals surface area contributed by atoms with Gasteiger partial charge in [0.2, 0.25) is 5.91 Å². The van der Waals surface area contributed by atoms with E-state index in [1.165, 1.54) is 0 Å². The molecule has 2 N–H and O–H groups in total. The summed E-state index contributed by atoms with van der Waals surface area (Å²) in [6.45, 7) is 7.43. The van der Waals surface area contributed by atoms with Gasteiger partial charge in [-0.3, -0.25) is 9.59 Å². The second-order valence-corrected chi connectivity index (χ2v) is 7.10.